The van der Waals surface area contributed by atoms with Gasteiger partial charge in [-0.1, -0.05) is 24.6 Å². The average Bonchev–Trinajstić information content (AvgIpc) is 3.14. The lowest BCUT2D eigenvalue weighted by Gasteiger charge is -2.15. The predicted molar refractivity (Wildman–Crippen MR) is 92.0 cm³/mol. The Hall–Kier alpha value is -1.67. The van der Waals surface area contributed by atoms with Gasteiger partial charge in [0.25, 0.3) is 5.69 Å². The Morgan fingerprint density at radius 1 is 1.48 bits per heavy atom. The smallest absolute Gasteiger partial charge is 0.270 e. The molecule has 1 N–H and O–H groups in total. The lowest BCUT2D eigenvalue weighted by atomic mass is 10.2. The van der Waals surface area contributed by atoms with E-state index in [1.807, 2.05) is 6.92 Å². The van der Waals surface area contributed by atoms with Crippen molar-refractivity contribution in [3.05, 3.63) is 28.3 Å². The third-order valence-corrected chi connectivity index (χ3v) is 6.12. The molecule has 6 nitrogen and oxygen atoms in total. The first-order chi connectivity index (χ1) is 11.0. The normalized spacial score (nSPS) is 16.6. The molecule has 1 amide bonds. The Bertz CT molecular complexity index is 741. The zero-order valence-electron chi connectivity index (χ0n) is 12.7. The van der Waals surface area contributed by atoms with Crippen LogP contribution in [0, 0.1) is 10.1 Å². The number of benzene rings is 1. The lowest BCUT2D eigenvalue weighted by molar-refractivity contribution is -0.384. The van der Waals surface area contributed by atoms with Crippen LogP contribution < -0.4 is 5.32 Å². The quantitative estimate of drug-likeness (QED) is 0.504. The highest BCUT2D eigenvalue weighted by atomic mass is 32.2. The lowest BCUT2D eigenvalue weighted by Crippen LogP contribution is -2.37. The Morgan fingerprint density at radius 2 is 2.22 bits per heavy atom. The van der Waals surface area contributed by atoms with Crippen molar-refractivity contribution in [2.24, 2.45) is 0 Å². The van der Waals surface area contributed by atoms with Crippen molar-refractivity contribution in [3.63, 3.8) is 0 Å². The van der Waals surface area contributed by atoms with Gasteiger partial charge in [-0.05, 0) is 25.8 Å². The highest BCUT2D eigenvalue weighted by Crippen LogP contribution is 2.34. The van der Waals surface area contributed by atoms with Gasteiger partial charge in [0.1, 0.15) is 0 Å². The molecule has 122 valence electrons. The number of fused-ring (bicyclic) bond motifs is 1. The summed E-state index contributed by atoms with van der Waals surface area (Å²) in [7, 11) is 0. The van der Waals surface area contributed by atoms with Gasteiger partial charge in [-0.3, -0.25) is 14.9 Å². The molecule has 1 aromatic heterocycles. The summed E-state index contributed by atoms with van der Waals surface area (Å²) < 4.78 is 1.53. The minimum absolute atomic E-state index is 0.0344. The number of rotatable bonds is 5. The van der Waals surface area contributed by atoms with Crippen molar-refractivity contribution in [1.29, 1.82) is 0 Å². The molecule has 1 fully saturated rings. The summed E-state index contributed by atoms with van der Waals surface area (Å²) in [6, 6.07) is 4.94. The zero-order valence-corrected chi connectivity index (χ0v) is 14.3. The Morgan fingerprint density at radius 3 is 2.91 bits per heavy atom. The van der Waals surface area contributed by atoms with E-state index < -0.39 is 4.92 Å². The molecule has 1 atom stereocenters. The molecule has 1 aromatic carbocycles. The molecule has 0 radical (unpaired) electrons. The van der Waals surface area contributed by atoms with Crippen molar-refractivity contribution in [3.8, 4) is 0 Å². The number of thiazole rings is 1. The van der Waals surface area contributed by atoms with Gasteiger partial charge >= 0.3 is 0 Å². The molecular weight excluding hydrogens is 334 g/mol. The van der Waals surface area contributed by atoms with E-state index in [0.29, 0.717) is 6.04 Å². The fourth-order valence-electron chi connectivity index (χ4n) is 2.65. The van der Waals surface area contributed by atoms with E-state index in [2.05, 4.69) is 10.3 Å². The summed E-state index contributed by atoms with van der Waals surface area (Å²) in [6.07, 6.45) is 4.49. The number of hydrogen-bond donors (Lipinski definition) is 1. The average molecular weight is 351 g/mol. The van der Waals surface area contributed by atoms with Gasteiger partial charge in [-0.15, -0.1) is 11.3 Å². The number of aromatic nitrogens is 1. The molecule has 0 saturated heterocycles. The van der Waals surface area contributed by atoms with Gasteiger partial charge in [-0.25, -0.2) is 4.98 Å². The summed E-state index contributed by atoms with van der Waals surface area (Å²) in [5.74, 6) is 0.0344. The molecule has 8 heteroatoms. The molecule has 1 saturated carbocycles. The van der Waals surface area contributed by atoms with Gasteiger partial charge in [0.15, 0.2) is 4.34 Å². The van der Waals surface area contributed by atoms with E-state index in [0.717, 1.165) is 27.4 Å². The fraction of sp³-hybridized carbons (Fsp3) is 0.467. The van der Waals surface area contributed by atoms with E-state index >= 15 is 0 Å². The summed E-state index contributed by atoms with van der Waals surface area (Å²) >= 11 is 2.79. The fourth-order valence-corrected chi connectivity index (χ4v) is 4.90. The van der Waals surface area contributed by atoms with Crippen LogP contribution in [0.4, 0.5) is 5.69 Å². The molecule has 1 aliphatic carbocycles. The van der Waals surface area contributed by atoms with E-state index in [-0.39, 0.29) is 16.8 Å². The SMILES string of the molecule is C[C@@H](Sc1nc2ccc([N+](=O)[O-])cc2s1)C(=O)NC1CCCC1. The third-order valence-electron chi connectivity index (χ3n) is 3.91. The maximum atomic E-state index is 12.2. The number of thioether (sulfide) groups is 1. The van der Waals surface area contributed by atoms with Crippen molar-refractivity contribution >= 4 is 44.9 Å². The zero-order chi connectivity index (χ0) is 16.4. The van der Waals surface area contributed by atoms with E-state index in [4.69, 9.17) is 0 Å². The molecule has 0 bridgehead atoms. The van der Waals surface area contributed by atoms with E-state index in [1.165, 1.54) is 48.1 Å². The highest BCUT2D eigenvalue weighted by molar-refractivity contribution is 8.02. The summed E-state index contributed by atoms with van der Waals surface area (Å²) in [5.41, 5.74) is 0.788. The molecule has 1 aliphatic rings. The number of hydrogen-bond acceptors (Lipinski definition) is 6. The number of carbonyl (C=O) groups is 1. The number of nitro groups is 1. The highest BCUT2D eigenvalue weighted by Gasteiger charge is 2.22. The molecule has 23 heavy (non-hydrogen) atoms. The Kier molecular flexibility index (Phi) is 4.82. The minimum Gasteiger partial charge on any atom is -0.352 e. The molecule has 0 aliphatic heterocycles. The molecule has 2 aromatic rings. The van der Waals surface area contributed by atoms with Crippen LogP contribution in [0.2, 0.25) is 0 Å². The van der Waals surface area contributed by atoms with Gasteiger partial charge in [-0.2, -0.15) is 0 Å². The second kappa shape index (κ2) is 6.84. The maximum Gasteiger partial charge on any atom is 0.270 e. The number of non-ortho nitro benzene ring substituents is 1. The van der Waals surface area contributed by atoms with Crippen molar-refractivity contribution < 1.29 is 9.72 Å². The molecular formula is C15H17N3O3S2. The number of nitrogens with one attached hydrogen (secondary N) is 1. The van der Waals surface area contributed by atoms with E-state index in [9.17, 15) is 14.9 Å². The maximum absolute atomic E-state index is 12.2. The number of nitrogens with zero attached hydrogens (tertiary/aromatic N) is 2. The van der Waals surface area contributed by atoms with Crippen LogP contribution in [-0.4, -0.2) is 27.1 Å². The van der Waals surface area contributed by atoms with Crippen LogP contribution in [0.3, 0.4) is 0 Å². The summed E-state index contributed by atoms with van der Waals surface area (Å²) in [6.45, 7) is 1.86. The van der Waals surface area contributed by atoms with Crippen molar-refractivity contribution in [2.45, 2.75) is 48.2 Å². The van der Waals surface area contributed by atoms with Crippen LogP contribution in [0.1, 0.15) is 32.6 Å². The Labute approximate surface area is 141 Å². The van der Waals surface area contributed by atoms with Gasteiger partial charge in [0, 0.05) is 18.2 Å². The van der Waals surface area contributed by atoms with Crippen LogP contribution in [-0.2, 0) is 4.79 Å². The van der Waals surface area contributed by atoms with E-state index in [1.54, 1.807) is 6.07 Å². The predicted octanol–water partition coefficient (Wildman–Crippen LogP) is 3.74. The van der Waals surface area contributed by atoms with Gasteiger partial charge < -0.3 is 5.32 Å². The van der Waals surface area contributed by atoms with Crippen molar-refractivity contribution in [2.75, 3.05) is 0 Å². The van der Waals surface area contributed by atoms with Gasteiger partial charge in [0.2, 0.25) is 5.91 Å². The monoisotopic (exact) mass is 351 g/mol. The summed E-state index contributed by atoms with van der Waals surface area (Å²) in [4.78, 5) is 27.1. The Balaban J connectivity index is 1.67. The summed E-state index contributed by atoms with van der Waals surface area (Å²) in [5, 5.41) is 13.7. The second-order valence-corrected chi connectivity index (χ2v) is 8.26. The van der Waals surface area contributed by atoms with Crippen LogP contribution in [0.25, 0.3) is 10.2 Å². The van der Waals surface area contributed by atoms with Crippen molar-refractivity contribution in [1.82, 2.24) is 10.3 Å². The van der Waals surface area contributed by atoms with Crippen LogP contribution in [0.15, 0.2) is 22.5 Å². The molecule has 1 heterocycles. The standard InChI is InChI=1S/C15H17N3O3S2/c1-9(14(19)16-10-4-2-3-5-10)22-15-17-12-7-6-11(18(20)21)8-13(12)23-15/h6-10H,2-5H2,1H3,(H,16,19)/t9-/m1/s1. The molecule has 0 unspecified atom stereocenters. The molecule has 0 spiro atoms. The third kappa shape index (κ3) is 3.81. The first-order valence-corrected chi connectivity index (χ1v) is 9.24. The van der Waals surface area contributed by atoms with Crippen LogP contribution in [0.5, 0.6) is 0 Å². The topological polar surface area (TPSA) is 85.1 Å². The number of nitro benzene ring substituents is 1. The van der Waals surface area contributed by atoms with Crippen LogP contribution >= 0.6 is 23.1 Å². The minimum atomic E-state index is -0.413. The second-order valence-electron chi connectivity index (χ2n) is 5.64. The first kappa shape index (κ1) is 16.2. The van der Waals surface area contributed by atoms with Gasteiger partial charge in [0.05, 0.1) is 20.4 Å². The largest absolute Gasteiger partial charge is 0.352 e. The number of amides is 1. The number of carbonyl (C=O) groups excluding carboxylic acids is 1. The molecule has 3 rings (SSSR count). The first-order valence-electron chi connectivity index (χ1n) is 7.55.